The lowest BCUT2D eigenvalue weighted by molar-refractivity contribution is -0.384. The molecule has 138 valence electrons. The summed E-state index contributed by atoms with van der Waals surface area (Å²) in [5.41, 5.74) is -0.436. The number of carbonyl (C=O) groups is 1. The molecule has 0 saturated heterocycles. The normalized spacial score (nSPS) is 12.9. The van der Waals surface area contributed by atoms with E-state index in [-0.39, 0.29) is 16.7 Å². The number of rotatable bonds is 4. The highest BCUT2D eigenvalue weighted by Crippen LogP contribution is 2.30. The summed E-state index contributed by atoms with van der Waals surface area (Å²) < 4.78 is -1.88. The lowest BCUT2D eigenvalue weighted by atomic mass is 9.95. The molecule has 0 saturated carbocycles. The van der Waals surface area contributed by atoms with Crippen molar-refractivity contribution in [3.8, 4) is 0 Å². The Morgan fingerprint density at radius 3 is 2.32 bits per heavy atom. The van der Waals surface area contributed by atoms with E-state index in [9.17, 15) is 14.9 Å². The maximum absolute atomic E-state index is 12.1. The zero-order valence-corrected chi connectivity index (χ0v) is 16.7. The second-order valence-corrected chi connectivity index (χ2v) is 8.88. The largest absolute Gasteiger partial charge is 0.339 e. The highest BCUT2D eigenvalue weighted by molar-refractivity contribution is 7.80. The van der Waals surface area contributed by atoms with Crippen LogP contribution in [-0.2, 0) is 4.79 Å². The number of alkyl halides is 3. The van der Waals surface area contributed by atoms with Gasteiger partial charge in [-0.1, -0.05) is 61.6 Å². The number of hydrogen-bond donors (Lipinski definition) is 3. The van der Waals surface area contributed by atoms with Gasteiger partial charge in [0.25, 0.3) is 5.69 Å². The molecule has 1 atom stereocenters. The van der Waals surface area contributed by atoms with Crippen LogP contribution in [0.15, 0.2) is 24.3 Å². The van der Waals surface area contributed by atoms with Crippen LogP contribution in [0.3, 0.4) is 0 Å². The average molecular weight is 428 g/mol. The Bertz CT molecular complexity index is 674. The fourth-order valence-corrected chi connectivity index (χ4v) is 2.11. The van der Waals surface area contributed by atoms with E-state index in [2.05, 4.69) is 16.0 Å². The zero-order valence-electron chi connectivity index (χ0n) is 13.6. The molecule has 1 aromatic carbocycles. The minimum atomic E-state index is -1.88. The minimum Gasteiger partial charge on any atom is -0.339 e. The summed E-state index contributed by atoms with van der Waals surface area (Å²) in [6.07, 6.45) is -1.11. The highest BCUT2D eigenvalue weighted by Gasteiger charge is 2.36. The molecule has 3 N–H and O–H groups in total. The molecule has 0 radical (unpaired) electrons. The number of non-ortho nitro benzene ring substituents is 1. The number of nitro groups is 1. The number of nitro benzene ring substituents is 1. The van der Waals surface area contributed by atoms with Crippen LogP contribution in [0.1, 0.15) is 20.8 Å². The Kier molecular flexibility index (Phi) is 7.25. The van der Waals surface area contributed by atoms with Crippen molar-refractivity contribution in [2.75, 3.05) is 5.32 Å². The topological polar surface area (TPSA) is 96.3 Å². The number of hydrogen-bond acceptors (Lipinski definition) is 4. The van der Waals surface area contributed by atoms with Crippen molar-refractivity contribution >= 4 is 69.4 Å². The number of amides is 1. The molecule has 1 amide bonds. The maximum Gasteiger partial charge on any atom is 0.271 e. The van der Waals surface area contributed by atoms with Gasteiger partial charge < -0.3 is 16.0 Å². The fraction of sp³-hybridized carbons (Fsp3) is 0.429. The molecular formula is C14H17Cl3N4O3S. The first-order valence-electron chi connectivity index (χ1n) is 7.00. The third-order valence-corrected chi connectivity index (χ3v) is 3.75. The molecule has 11 heteroatoms. The molecule has 0 bridgehead atoms. The highest BCUT2D eigenvalue weighted by atomic mass is 35.6. The average Bonchev–Trinajstić information content (AvgIpc) is 2.44. The first kappa shape index (κ1) is 21.7. The van der Waals surface area contributed by atoms with E-state index >= 15 is 0 Å². The van der Waals surface area contributed by atoms with E-state index in [1.807, 2.05) is 0 Å². The SMILES string of the molecule is CC(C)(C)C(=O)NC(NC(=S)Nc1cccc([N+](=O)[O-])c1)C(Cl)(Cl)Cl. The van der Waals surface area contributed by atoms with Crippen LogP contribution in [0.4, 0.5) is 11.4 Å². The predicted octanol–water partition coefficient (Wildman–Crippen LogP) is 3.74. The number of carbonyl (C=O) groups excluding carboxylic acids is 1. The first-order chi connectivity index (χ1) is 11.3. The number of nitrogens with zero attached hydrogens (tertiary/aromatic N) is 1. The van der Waals surface area contributed by atoms with Gasteiger partial charge in [0.1, 0.15) is 6.17 Å². The van der Waals surface area contributed by atoms with Gasteiger partial charge in [0, 0.05) is 23.2 Å². The summed E-state index contributed by atoms with van der Waals surface area (Å²) in [4.78, 5) is 22.4. The molecule has 7 nitrogen and oxygen atoms in total. The van der Waals surface area contributed by atoms with Gasteiger partial charge in [-0.05, 0) is 18.3 Å². The van der Waals surface area contributed by atoms with Gasteiger partial charge in [-0.15, -0.1) is 0 Å². The molecule has 1 rings (SSSR count). The zero-order chi connectivity index (χ0) is 19.4. The standard InChI is InChI=1S/C14H17Cl3N4O3S/c1-13(2,3)11(22)19-10(14(15,16)17)20-12(25)18-8-5-4-6-9(7-8)21(23)24/h4-7,10H,1-3H3,(H,19,22)(H2,18,20,25). The summed E-state index contributed by atoms with van der Waals surface area (Å²) in [5.74, 6) is -0.352. The molecule has 0 aliphatic rings. The number of nitrogens with one attached hydrogen (secondary N) is 3. The summed E-state index contributed by atoms with van der Waals surface area (Å²) in [5, 5.41) is 18.8. The third-order valence-electron chi connectivity index (χ3n) is 2.87. The van der Waals surface area contributed by atoms with Gasteiger partial charge in [-0.2, -0.15) is 0 Å². The number of benzene rings is 1. The van der Waals surface area contributed by atoms with E-state index in [1.54, 1.807) is 26.8 Å². The molecule has 0 aliphatic carbocycles. The number of anilines is 1. The predicted molar refractivity (Wildman–Crippen MR) is 104 cm³/mol. The van der Waals surface area contributed by atoms with Crippen LogP contribution in [0.25, 0.3) is 0 Å². The molecule has 0 fully saturated rings. The van der Waals surface area contributed by atoms with Crippen molar-refractivity contribution in [2.45, 2.75) is 30.7 Å². The lowest BCUT2D eigenvalue weighted by Crippen LogP contribution is -2.58. The third kappa shape index (κ3) is 7.19. The van der Waals surface area contributed by atoms with E-state index in [4.69, 9.17) is 47.0 Å². The van der Waals surface area contributed by atoms with Crippen molar-refractivity contribution in [1.82, 2.24) is 10.6 Å². The second-order valence-electron chi connectivity index (χ2n) is 6.10. The van der Waals surface area contributed by atoms with E-state index in [0.717, 1.165) is 0 Å². The summed E-state index contributed by atoms with van der Waals surface area (Å²) in [6.45, 7) is 5.12. The van der Waals surface area contributed by atoms with Gasteiger partial charge in [0.05, 0.1) is 4.92 Å². The maximum atomic E-state index is 12.1. The smallest absolute Gasteiger partial charge is 0.271 e. The van der Waals surface area contributed by atoms with Crippen molar-refractivity contribution in [3.05, 3.63) is 34.4 Å². The van der Waals surface area contributed by atoms with Crippen LogP contribution in [-0.4, -0.2) is 25.9 Å². The number of halogens is 3. The summed E-state index contributed by atoms with van der Waals surface area (Å²) in [6, 6.07) is 5.72. The van der Waals surface area contributed by atoms with Crippen LogP contribution >= 0.6 is 47.0 Å². The van der Waals surface area contributed by atoms with Gasteiger partial charge in [-0.3, -0.25) is 14.9 Å². The Balaban J connectivity index is 2.84. The van der Waals surface area contributed by atoms with E-state index in [0.29, 0.717) is 5.69 Å². The van der Waals surface area contributed by atoms with Crippen molar-refractivity contribution in [1.29, 1.82) is 0 Å². The lowest BCUT2D eigenvalue weighted by Gasteiger charge is -2.30. The first-order valence-corrected chi connectivity index (χ1v) is 8.54. The van der Waals surface area contributed by atoms with Crippen LogP contribution in [0.2, 0.25) is 0 Å². The molecule has 25 heavy (non-hydrogen) atoms. The van der Waals surface area contributed by atoms with Gasteiger partial charge in [-0.25, -0.2) is 0 Å². The Morgan fingerprint density at radius 2 is 1.84 bits per heavy atom. The van der Waals surface area contributed by atoms with Gasteiger partial charge in [0.15, 0.2) is 5.11 Å². The Labute approximate surface area is 165 Å². The quantitative estimate of drug-likeness (QED) is 0.223. The van der Waals surface area contributed by atoms with Crippen molar-refractivity contribution < 1.29 is 9.72 Å². The molecular weight excluding hydrogens is 411 g/mol. The molecule has 0 aliphatic heterocycles. The van der Waals surface area contributed by atoms with Crippen molar-refractivity contribution in [3.63, 3.8) is 0 Å². The molecule has 1 aromatic rings. The molecule has 0 heterocycles. The van der Waals surface area contributed by atoms with Crippen LogP contribution in [0, 0.1) is 15.5 Å². The van der Waals surface area contributed by atoms with E-state index < -0.39 is 20.3 Å². The summed E-state index contributed by atoms with van der Waals surface area (Å²) >= 11 is 22.8. The van der Waals surface area contributed by atoms with Gasteiger partial charge in [0.2, 0.25) is 9.70 Å². The van der Waals surface area contributed by atoms with Gasteiger partial charge >= 0.3 is 0 Å². The second kappa shape index (κ2) is 8.35. The van der Waals surface area contributed by atoms with Crippen LogP contribution < -0.4 is 16.0 Å². The monoisotopic (exact) mass is 426 g/mol. The molecule has 0 spiro atoms. The Morgan fingerprint density at radius 1 is 1.24 bits per heavy atom. The fourth-order valence-electron chi connectivity index (χ4n) is 1.54. The molecule has 0 aromatic heterocycles. The minimum absolute atomic E-state index is 0.0195. The molecule has 1 unspecified atom stereocenters. The Hall–Kier alpha value is -1.35. The van der Waals surface area contributed by atoms with Crippen molar-refractivity contribution in [2.24, 2.45) is 5.41 Å². The number of thiocarbonyl (C=S) groups is 1. The van der Waals surface area contributed by atoms with Crippen LogP contribution in [0.5, 0.6) is 0 Å². The summed E-state index contributed by atoms with van der Waals surface area (Å²) in [7, 11) is 0. The van der Waals surface area contributed by atoms with E-state index in [1.165, 1.54) is 18.2 Å².